The highest BCUT2D eigenvalue weighted by molar-refractivity contribution is 5.47. The van der Waals surface area contributed by atoms with Crippen LogP contribution in [0.5, 0.6) is 0 Å². The summed E-state index contributed by atoms with van der Waals surface area (Å²) in [4.78, 5) is 8.62. The summed E-state index contributed by atoms with van der Waals surface area (Å²) in [6, 6.07) is 0. The maximum Gasteiger partial charge on any atom is 0.132 e. The van der Waals surface area contributed by atoms with Crippen molar-refractivity contribution >= 4 is 5.82 Å². The van der Waals surface area contributed by atoms with Crippen molar-refractivity contribution in [3.63, 3.8) is 0 Å². The molecule has 1 aliphatic carbocycles. The highest BCUT2D eigenvalue weighted by Gasteiger charge is 2.19. The van der Waals surface area contributed by atoms with Crippen molar-refractivity contribution in [3.05, 3.63) is 17.6 Å². The van der Waals surface area contributed by atoms with Crippen molar-refractivity contribution in [2.75, 3.05) is 31.7 Å². The second-order valence-corrected chi connectivity index (χ2v) is 4.45. The Balaban J connectivity index is 1.63. The van der Waals surface area contributed by atoms with Crippen LogP contribution in [0.25, 0.3) is 0 Å². The van der Waals surface area contributed by atoms with Gasteiger partial charge in [0.15, 0.2) is 0 Å². The smallest absolute Gasteiger partial charge is 0.132 e. The second kappa shape index (κ2) is 4.98. The average molecular weight is 235 g/mol. The van der Waals surface area contributed by atoms with Gasteiger partial charge >= 0.3 is 0 Å². The molecular weight excluding hydrogens is 218 g/mol. The number of aromatic nitrogens is 2. The molecule has 1 aliphatic heterocycles. The minimum absolute atomic E-state index is 0.135. The van der Waals surface area contributed by atoms with Gasteiger partial charge in [0.05, 0.1) is 25.9 Å². The summed E-state index contributed by atoms with van der Waals surface area (Å²) in [6.07, 6.45) is 5.13. The first-order valence-electron chi connectivity index (χ1n) is 6.19. The normalized spacial score (nSPS) is 23.4. The molecule has 5 heteroatoms. The molecule has 1 aromatic heterocycles. The number of fused-ring (bicyclic) bond motifs is 1. The highest BCUT2D eigenvalue weighted by atomic mass is 16.6. The second-order valence-electron chi connectivity index (χ2n) is 4.45. The van der Waals surface area contributed by atoms with E-state index in [-0.39, 0.29) is 6.10 Å². The van der Waals surface area contributed by atoms with Crippen LogP contribution in [-0.2, 0) is 22.3 Å². The van der Waals surface area contributed by atoms with E-state index in [4.69, 9.17) is 9.47 Å². The zero-order valence-corrected chi connectivity index (χ0v) is 9.82. The summed E-state index contributed by atoms with van der Waals surface area (Å²) in [5, 5.41) is 3.36. The number of ether oxygens (including phenoxy) is 2. The zero-order valence-electron chi connectivity index (χ0n) is 9.82. The minimum Gasteiger partial charge on any atom is -0.376 e. The maximum atomic E-state index is 5.59. The molecule has 2 heterocycles. The first-order chi connectivity index (χ1) is 8.43. The van der Waals surface area contributed by atoms with Gasteiger partial charge in [0.1, 0.15) is 12.1 Å². The quantitative estimate of drug-likeness (QED) is 0.839. The van der Waals surface area contributed by atoms with E-state index in [1.807, 2.05) is 0 Å². The highest BCUT2D eigenvalue weighted by Crippen LogP contribution is 2.24. The molecule has 1 aromatic rings. The van der Waals surface area contributed by atoms with Gasteiger partial charge in [-0.25, -0.2) is 9.97 Å². The van der Waals surface area contributed by atoms with Crippen molar-refractivity contribution in [1.29, 1.82) is 0 Å². The number of nitrogens with zero attached hydrogens (tertiary/aromatic N) is 2. The summed E-state index contributed by atoms with van der Waals surface area (Å²) < 4.78 is 11.0. The fourth-order valence-corrected chi connectivity index (χ4v) is 2.38. The number of nitrogens with one attached hydrogen (secondary N) is 1. The lowest BCUT2D eigenvalue weighted by Gasteiger charge is -2.23. The summed E-state index contributed by atoms with van der Waals surface area (Å²) in [7, 11) is 0. The van der Waals surface area contributed by atoms with E-state index in [0.717, 1.165) is 25.2 Å². The number of aryl methyl sites for hydroxylation is 1. The predicted molar refractivity (Wildman–Crippen MR) is 63.1 cm³/mol. The van der Waals surface area contributed by atoms with Gasteiger partial charge in [-0.3, -0.25) is 0 Å². The molecule has 0 saturated carbocycles. The topological polar surface area (TPSA) is 56.3 Å². The summed E-state index contributed by atoms with van der Waals surface area (Å²) in [6.45, 7) is 2.82. The van der Waals surface area contributed by atoms with Crippen molar-refractivity contribution < 1.29 is 9.47 Å². The maximum absolute atomic E-state index is 5.59. The fraction of sp³-hybridized carbons (Fsp3) is 0.667. The summed E-state index contributed by atoms with van der Waals surface area (Å²) in [5.74, 6) is 0.974. The van der Waals surface area contributed by atoms with Gasteiger partial charge in [-0.2, -0.15) is 0 Å². The molecule has 5 nitrogen and oxygen atoms in total. The zero-order chi connectivity index (χ0) is 11.5. The van der Waals surface area contributed by atoms with Crippen LogP contribution in [0.1, 0.15) is 17.7 Å². The Morgan fingerprint density at radius 3 is 3.18 bits per heavy atom. The van der Waals surface area contributed by atoms with Gasteiger partial charge in [0.2, 0.25) is 0 Å². The van der Waals surface area contributed by atoms with Crippen LogP contribution >= 0.6 is 0 Å². The molecule has 1 fully saturated rings. The van der Waals surface area contributed by atoms with Crippen molar-refractivity contribution in [2.24, 2.45) is 0 Å². The number of rotatable bonds is 3. The molecule has 3 rings (SSSR count). The van der Waals surface area contributed by atoms with Crippen molar-refractivity contribution in [1.82, 2.24) is 9.97 Å². The molecule has 2 aliphatic rings. The molecule has 0 amide bonds. The van der Waals surface area contributed by atoms with E-state index >= 15 is 0 Å². The van der Waals surface area contributed by atoms with Crippen LogP contribution in [-0.4, -0.2) is 42.4 Å². The summed E-state index contributed by atoms with van der Waals surface area (Å²) >= 11 is 0. The van der Waals surface area contributed by atoms with Crippen LogP contribution in [0, 0.1) is 0 Å². The number of hydrogen-bond donors (Lipinski definition) is 1. The van der Waals surface area contributed by atoms with Gasteiger partial charge < -0.3 is 14.8 Å². The number of hydrogen-bond acceptors (Lipinski definition) is 5. The van der Waals surface area contributed by atoms with Crippen LogP contribution < -0.4 is 5.32 Å². The molecule has 0 spiro atoms. The first-order valence-corrected chi connectivity index (χ1v) is 6.19. The first kappa shape index (κ1) is 10.9. The van der Waals surface area contributed by atoms with Crippen LogP contribution in [0.3, 0.4) is 0 Å². The molecule has 1 unspecified atom stereocenters. The lowest BCUT2D eigenvalue weighted by molar-refractivity contribution is -0.0819. The molecule has 1 N–H and O–H groups in total. The third kappa shape index (κ3) is 2.40. The van der Waals surface area contributed by atoms with E-state index in [1.54, 1.807) is 6.33 Å². The van der Waals surface area contributed by atoms with E-state index in [1.165, 1.54) is 17.7 Å². The van der Waals surface area contributed by atoms with Crippen molar-refractivity contribution in [2.45, 2.75) is 25.4 Å². The number of anilines is 1. The monoisotopic (exact) mass is 235 g/mol. The molecule has 0 aromatic carbocycles. The SMILES string of the molecule is c1nc2c(c(NCC3COCCO3)n1)CCC2. The Bertz CT molecular complexity index is 391. The van der Waals surface area contributed by atoms with Gasteiger partial charge in [-0.15, -0.1) is 0 Å². The molecule has 17 heavy (non-hydrogen) atoms. The standard InChI is InChI=1S/C12H17N3O2/c1-2-10-11(3-1)14-8-15-12(10)13-6-9-7-16-4-5-17-9/h8-9H,1-7H2,(H,13,14,15). The lowest BCUT2D eigenvalue weighted by atomic mass is 10.2. The molecule has 1 atom stereocenters. The van der Waals surface area contributed by atoms with Crippen LogP contribution in [0.4, 0.5) is 5.82 Å². The Morgan fingerprint density at radius 2 is 2.29 bits per heavy atom. The Morgan fingerprint density at radius 1 is 1.29 bits per heavy atom. The Labute approximate surface area is 101 Å². The van der Waals surface area contributed by atoms with E-state index < -0.39 is 0 Å². The van der Waals surface area contributed by atoms with Crippen molar-refractivity contribution in [3.8, 4) is 0 Å². The molecule has 0 bridgehead atoms. The Kier molecular flexibility index (Phi) is 3.20. The largest absolute Gasteiger partial charge is 0.376 e. The minimum atomic E-state index is 0.135. The molecular formula is C12H17N3O2. The van der Waals surface area contributed by atoms with E-state index in [2.05, 4.69) is 15.3 Å². The van der Waals surface area contributed by atoms with E-state index in [9.17, 15) is 0 Å². The molecule has 1 saturated heterocycles. The molecule has 92 valence electrons. The lowest BCUT2D eigenvalue weighted by Crippen LogP contribution is -2.34. The third-order valence-electron chi connectivity index (χ3n) is 3.26. The van der Waals surface area contributed by atoms with Crippen LogP contribution in [0.15, 0.2) is 6.33 Å². The van der Waals surface area contributed by atoms with Gasteiger partial charge in [0, 0.05) is 17.8 Å². The Hall–Kier alpha value is -1.20. The van der Waals surface area contributed by atoms with Gasteiger partial charge in [-0.1, -0.05) is 0 Å². The third-order valence-corrected chi connectivity index (χ3v) is 3.26. The van der Waals surface area contributed by atoms with E-state index in [0.29, 0.717) is 19.8 Å². The fourth-order valence-electron chi connectivity index (χ4n) is 2.38. The van der Waals surface area contributed by atoms with Crippen LogP contribution in [0.2, 0.25) is 0 Å². The molecule has 0 radical (unpaired) electrons. The predicted octanol–water partition coefficient (Wildman–Crippen LogP) is 0.793. The van der Waals surface area contributed by atoms with Gasteiger partial charge in [0.25, 0.3) is 0 Å². The average Bonchev–Trinajstić information content (AvgIpc) is 2.86. The summed E-state index contributed by atoms with van der Waals surface area (Å²) in [5.41, 5.74) is 2.48. The van der Waals surface area contributed by atoms with Gasteiger partial charge in [-0.05, 0) is 19.3 Å².